The number of carbonyl (C=O) groups excluding carboxylic acids is 2. The number of nitro benzene ring substituents is 1. The van der Waals surface area contributed by atoms with Gasteiger partial charge < -0.3 is 14.2 Å². The maximum absolute atomic E-state index is 12.1. The maximum atomic E-state index is 12.1. The van der Waals surface area contributed by atoms with Crippen LogP contribution in [0.2, 0.25) is 0 Å². The average molecular weight is 413 g/mol. The van der Waals surface area contributed by atoms with Crippen LogP contribution in [0.4, 0.5) is 5.69 Å². The van der Waals surface area contributed by atoms with E-state index in [2.05, 4.69) is 5.10 Å². The monoisotopic (exact) mass is 413 g/mol. The fourth-order valence-electron chi connectivity index (χ4n) is 2.90. The van der Waals surface area contributed by atoms with Crippen molar-refractivity contribution in [3.63, 3.8) is 0 Å². The number of amides is 1. The fourth-order valence-corrected chi connectivity index (χ4v) is 2.90. The number of nitro groups is 1. The number of hydrogen-bond acceptors (Lipinski definition) is 8. The molecule has 2 aromatic carbocycles. The Bertz CT molecular complexity index is 1030. The molecule has 0 saturated heterocycles. The van der Waals surface area contributed by atoms with Crippen LogP contribution in [-0.2, 0) is 14.3 Å². The van der Waals surface area contributed by atoms with Crippen LogP contribution in [0.3, 0.4) is 0 Å². The molecule has 10 nitrogen and oxygen atoms in total. The first-order valence-corrected chi connectivity index (χ1v) is 9.05. The van der Waals surface area contributed by atoms with Crippen LogP contribution in [0.5, 0.6) is 11.5 Å². The number of ether oxygens (including phenoxy) is 3. The second-order valence-corrected chi connectivity index (χ2v) is 6.24. The van der Waals surface area contributed by atoms with E-state index in [0.717, 1.165) is 5.01 Å². The lowest BCUT2D eigenvalue weighted by Gasteiger charge is -2.19. The SMILES string of the molecule is CCOc1cc(C2=NN(C(C)=O)[C@@H](c3ccccc3[N+](=O)[O-])O2)ccc1OC(C)=O. The summed E-state index contributed by atoms with van der Waals surface area (Å²) in [4.78, 5) is 34.3. The number of hydrogen-bond donors (Lipinski definition) is 0. The van der Waals surface area contributed by atoms with E-state index in [1.54, 1.807) is 25.1 Å². The Balaban J connectivity index is 1.99. The number of esters is 1. The van der Waals surface area contributed by atoms with Crippen LogP contribution in [0.15, 0.2) is 47.6 Å². The second kappa shape index (κ2) is 8.60. The van der Waals surface area contributed by atoms with Crippen LogP contribution in [-0.4, -0.2) is 34.3 Å². The van der Waals surface area contributed by atoms with E-state index in [1.165, 1.54) is 38.1 Å². The van der Waals surface area contributed by atoms with E-state index >= 15 is 0 Å². The predicted octanol–water partition coefficient (Wildman–Crippen LogP) is 3.16. The van der Waals surface area contributed by atoms with Gasteiger partial charge in [-0.2, -0.15) is 5.01 Å². The van der Waals surface area contributed by atoms with Crippen LogP contribution >= 0.6 is 0 Å². The minimum absolute atomic E-state index is 0.0729. The molecule has 2 aromatic rings. The van der Waals surface area contributed by atoms with Crippen LogP contribution < -0.4 is 9.47 Å². The highest BCUT2D eigenvalue weighted by Crippen LogP contribution is 2.36. The Morgan fingerprint density at radius 1 is 1.20 bits per heavy atom. The highest BCUT2D eigenvalue weighted by Gasteiger charge is 2.37. The smallest absolute Gasteiger partial charge is 0.308 e. The zero-order chi connectivity index (χ0) is 21.8. The van der Waals surface area contributed by atoms with Crippen molar-refractivity contribution in [2.24, 2.45) is 5.10 Å². The van der Waals surface area contributed by atoms with Gasteiger partial charge in [0.25, 0.3) is 5.69 Å². The van der Waals surface area contributed by atoms with Crippen molar-refractivity contribution in [2.45, 2.75) is 27.0 Å². The molecular weight excluding hydrogens is 394 g/mol. The zero-order valence-electron chi connectivity index (χ0n) is 16.5. The second-order valence-electron chi connectivity index (χ2n) is 6.24. The number of rotatable bonds is 6. The van der Waals surface area contributed by atoms with Gasteiger partial charge in [0.15, 0.2) is 11.5 Å². The molecule has 0 aliphatic carbocycles. The summed E-state index contributed by atoms with van der Waals surface area (Å²) in [5.41, 5.74) is 0.449. The van der Waals surface area contributed by atoms with E-state index in [1.807, 2.05) is 0 Å². The van der Waals surface area contributed by atoms with E-state index in [-0.39, 0.29) is 22.9 Å². The normalized spacial score (nSPS) is 15.2. The third-order valence-electron chi connectivity index (χ3n) is 4.11. The standard InChI is InChI=1S/C20H19N3O7/c1-4-28-18-11-14(9-10-17(18)29-13(3)25)19-21-22(12(2)24)20(30-19)15-7-5-6-8-16(15)23(26)27/h5-11,20H,4H2,1-3H3/t20-/m1/s1. The molecule has 1 atom stereocenters. The molecule has 0 spiro atoms. The molecule has 30 heavy (non-hydrogen) atoms. The Hall–Kier alpha value is -3.95. The summed E-state index contributed by atoms with van der Waals surface area (Å²) in [6.45, 7) is 4.65. The molecule has 1 aliphatic heterocycles. The molecule has 0 saturated carbocycles. The molecule has 1 heterocycles. The van der Waals surface area contributed by atoms with Gasteiger partial charge in [0.05, 0.1) is 17.1 Å². The van der Waals surface area contributed by atoms with Gasteiger partial charge in [-0.25, -0.2) is 0 Å². The Kier molecular flexibility index (Phi) is 5.95. The highest BCUT2D eigenvalue weighted by atomic mass is 16.6. The van der Waals surface area contributed by atoms with Crippen molar-refractivity contribution in [1.82, 2.24) is 5.01 Å². The predicted molar refractivity (Wildman–Crippen MR) is 105 cm³/mol. The van der Waals surface area contributed by atoms with Gasteiger partial charge in [-0.1, -0.05) is 12.1 Å². The summed E-state index contributed by atoms with van der Waals surface area (Å²) in [7, 11) is 0. The molecule has 0 N–H and O–H groups in total. The van der Waals surface area contributed by atoms with Gasteiger partial charge in [-0.3, -0.25) is 19.7 Å². The summed E-state index contributed by atoms with van der Waals surface area (Å²) < 4.78 is 16.5. The van der Waals surface area contributed by atoms with Gasteiger partial charge in [0.1, 0.15) is 0 Å². The van der Waals surface area contributed by atoms with E-state index < -0.39 is 23.0 Å². The van der Waals surface area contributed by atoms with Crippen molar-refractivity contribution < 1.29 is 28.7 Å². The Morgan fingerprint density at radius 2 is 1.93 bits per heavy atom. The lowest BCUT2D eigenvalue weighted by molar-refractivity contribution is -0.386. The largest absolute Gasteiger partial charge is 0.490 e. The molecule has 1 aliphatic rings. The molecule has 0 fully saturated rings. The molecular formula is C20H19N3O7. The molecule has 3 rings (SSSR count). The van der Waals surface area contributed by atoms with Crippen molar-refractivity contribution in [2.75, 3.05) is 6.61 Å². The number of benzene rings is 2. The quantitative estimate of drug-likeness (QED) is 0.309. The third kappa shape index (κ3) is 4.22. The summed E-state index contributed by atoms with van der Waals surface area (Å²) in [6, 6.07) is 10.6. The molecule has 1 amide bonds. The summed E-state index contributed by atoms with van der Waals surface area (Å²) in [6.07, 6.45) is -1.09. The molecule has 10 heteroatoms. The molecule has 0 bridgehead atoms. The number of nitrogens with zero attached hydrogens (tertiary/aromatic N) is 3. The van der Waals surface area contributed by atoms with Gasteiger partial charge in [-0.05, 0) is 31.2 Å². The van der Waals surface area contributed by atoms with Crippen molar-refractivity contribution >= 4 is 23.5 Å². The van der Waals surface area contributed by atoms with Gasteiger partial charge >= 0.3 is 5.97 Å². The minimum Gasteiger partial charge on any atom is -0.490 e. The van der Waals surface area contributed by atoms with E-state index in [4.69, 9.17) is 14.2 Å². The zero-order valence-corrected chi connectivity index (χ0v) is 16.5. The molecule has 156 valence electrons. The first-order valence-electron chi connectivity index (χ1n) is 9.05. The first kappa shape index (κ1) is 20.8. The van der Waals surface area contributed by atoms with Gasteiger partial charge in [0, 0.05) is 25.5 Å². The number of carbonyl (C=O) groups is 2. The average Bonchev–Trinajstić information content (AvgIpc) is 3.15. The molecule has 0 aromatic heterocycles. The Labute approximate surface area is 171 Å². The Morgan fingerprint density at radius 3 is 2.57 bits per heavy atom. The minimum atomic E-state index is -1.09. The van der Waals surface area contributed by atoms with Crippen molar-refractivity contribution in [3.8, 4) is 11.5 Å². The fraction of sp³-hybridized carbons (Fsp3) is 0.250. The number of para-hydroxylation sites is 1. The van der Waals surface area contributed by atoms with Crippen molar-refractivity contribution in [3.05, 3.63) is 63.7 Å². The van der Waals surface area contributed by atoms with Gasteiger partial charge in [-0.15, -0.1) is 5.10 Å². The first-order chi connectivity index (χ1) is 14.3. The lowest BCUT2D eigenvalue weighted by atomic mass is 10.1. The maximum Gasteiger partial charge on any atom is 0.308 e. The van der Waals surface area contributed by atoms with Crippen LogP contribution in [0, 0.1) is 10.1 Å². The van der Waals surface area contributed by atoms with Crippen LogP contribution in [0.1, 0.15) is 38.1 Å². The highest BCUT2D eigenvalue weighted by molar-refractivity contribution is 5.97. The lowest BCUT2D eigenvalue weighted by Crippen LogP contribution is -2.25. The topological polar surface area (TPSA) is 121 Å². The van der Waals surface area contributed by atoms with E-state index in [0.29, 0.717) is 17.9 Å². The van der Waals surface area contributed by atoms with Crippen molar-refractivity contribution in [1.29, 1.82) is 0 Å². The molecule has 0 radical (unpaired) electrons. The summed E-state index contributed by atoms with van der Waals surface area (Å²) in [5, 5.41) is 16.6. The summed E-state index contributed by atoms with van der Waals surface area (Å²) in [5.74, 6) is -0.360. The van der Waals surface area contributed by atoms with Crippen LogP contribution in [0.25, 0.3) is 0 Å². The number of hydrazone groups is 1. The van der Waals surface area contributed by atoms with E-state index in [9.17, 15) is 19.7 Å². The third-order valence-corrected chi connectivity index (χ3v) is 4.11. The molecule has 0 unspecified atom stereocenters. The van der Waals surface area contributed by atoms with Gasteiger partial charge in [0.2, 0.25) is 18.0 Å². The summed E-state index contributed by atoms with van der Waals surface area (Å²) >= 11 is 0.